The molecule has 2 aliphatic heterocycles. The number of carbonyl (C=O) groups is 1. The number of amides is 1. The van der Waals surface area contributed by atoms with Crippen LogP contribution in [0.15, 0.2) is 4.99 Å². The van der Waals surface area contributed by atoms with Gasteiger partial charge < -0.3 is 15.5 Å². The van der Waals surface area contributed by atoms with Gasteiger partial charge in [0.15, 0.2) is 5.96 Å². The van der Waals surface area contributed by atoms with E-state index in [1.54, 1.807) is 11.4 Å². The third-order valence-electron chi connectivity index (χ3n) is 6.27. The van der Waals surface area contributed by atoms with E-state index < -0.39 is 10.0 Å². The first kappa shape index (κ1) is 21.4. The van der Waals surface area contributed by atoms with E-state index in [-0.39, 0.29) is 18.0 Å². The number of guanidine groups is 1. The number of sulfonamides is 1. The lowest BCUT2D eigenvalue weighted by atomic mass is 9.88. The van der Waals surface area contributed by atoms with E-state index in [1.807, 2.05) is 4.90 Å². The van der Waals surface area contributed by atoms with E-state index in [0.29, 0.717) is 25.0 Å². The van der Waals surface area contributed by atoms with Gasteiger partial charge in [-0.2, -0.15) is 4.31 Å². The Balaban J connectivity index is 1.46. The Bertz CT molecular complexity index is 675. The lowest BCUT2D eigenvalue weighted by molar-refractivity contribution is -0.135. The average molecular weight is 414 g/mol. The molecule has 0 aromatic carbocycles. The topological polar surface area (TPSA) is 94.1 Å². The molecule has 0 bridgehead atoms. The SMILES string of the molecule is CN=C(NC[C@H]1CCCN1S(C)(=O)=O)NC1CCN(C(=O)C2CCCCC2)C1. The van der Waals surface area contributed by atoms with Gasteiger partial charge in [0.1, 0.15) is 0 Å². The standard InChI is InChI=1S/C19H35N5O3S/c1-20-19(21-13-17-9-6-11-24(17)28(2,26)27)22-16-10-12-23(14-16)18(25)15-7-4-3-5-8-15/h15-17H,3-14H2,1-2H3,(H2,20,21,22)/t16?,17-/m1/s1. The highest BCUT2D eigenvalue weighted by Crippen LogP contribution is 2.26. The molecule has 2 heterocycles. The van der Waals surface area contributed by atoms with Gasteiger partial charge in [-0.25, -0.2) is 8.42 Å². The van der Waals surface area contributed by atoms with Crippen LogP contribution in [0.3, 0.4) is 0 Å². The van der Waals surface area contributed by atoms with E-state index in [4.69, 9.17) is 0 Å². The van der Waals surface area contributed by atoms with Crippen molar-refractivity contribution in [3.05, 3.63) is 0 Å². The molecule has 1 amide bonds. The monoisotopic (exact) mass is 413 g/mol. The van der Waals surface area contributed by atoms with E-state index in [0.717, 1.165) is 45.2 Å². The van der Waals surface area contributed by atoms with E-state index in [2.05, 4.69) is 15.6 Å². The first-order chi connectivity index (χ1) is 13.4. The molecule has 28 heavy (non-hydrogen) atoms. The van der Waals surface area contributed by atoms with Gasteiger partial charge in [-0.15, -0.1) is 0 Å². The van der Waals surface area contributed by atoms with Crippen LogP contribution in [-0.2, 0) is 14.8 Å². The van der Waals surface area contributed by atoms with Crippen molar-refractivity contribution in [2.24, 2.45) is 10.9 Å². The number of likely N-dealkylation sites (tertiary alicyclic amines) is 1. The maximum Gasteiger partial charge on any atom is 0.225 e. The molecule has 9 heteroatoms. The van der Waals surface area contributed by atoms with Crippen molar-refractivity contribution in [1.82, 2.24) is 19.8 Å². The highest BCUT2D eigenvalue weighted by atomic mass is 32.2. The number of carbonyl (C=O) groups excluding carboxylic acids is 1. The van der Waals surface area contributed by atoms with Gasteiger partial charge in [-0.3, -0.25) is 9.79 Å². The van der Waals surface area contributed by atoms with E-state index in [9.17, 15) is 13.2 Å². The minimum absolute atomic E-state index is 0.0264. The Morgan fingerprint density at radius 2 is 1.82 bits per heavy atom. The first-order valence-electron chi connectivity index (χ1n) is 10.6. The third kappa shape index (κ3) is 5.37. The zero-order valence-electron chi connectivity index (χ0n) is 17.2. The zero-order valence-corrected chi connectivity index (χ0v) is 18.0. The predicted molar refractivity (Wildman–Crippen MR) is 111 cm³/mol. The van der Waals surface area contributed by atoms with Crippen molar-refractivity contribution < 1.29 is 13.2 Å². The summed E-state index contributed by atoms with van der Waals surface area (Å²) in [6.45, 7) is 2.66. The van der Waals surface area contributed by atoms with Crippen LogP contribution in [0.2, 0.25) is 0 Å². The molecule has 3 fully saturated rings. The second-order valence-electron chi connectivity index (χ2n) is 8.37. The molecule has 2 atom stereocenters. The summed E-state index contributed by atoms with van der Waals surface area (Å²) in [7, 11) is -1.45. The summed E-state index contributed by atoms with van der Waals surface area (Å²) in [6, 6.07) is 0.162. The summed E-state index contributed by atoms with van der Waals surface area (Å²) < 4.78 is 25.3. The average Bonchev–Trinajstić information content (AvgIpc) is 3.34. The van der Waals surface area contributed by atoms with Crippen LogP contribution < -0.4 is 10.6 Å². The molecular formula is C19H35N5O3S. The predicted octanol–water partition coefficient (Wildman–Crippen LogP) is 0.757. The normalized spacial score (nSPS) is 27.9. The fourth-order valence-corrected chi connectivity index (χ4v) is 5.92. The fraction of sp³-hybridized carbons (Fsp3) is 0.895. The van der Waals surface area contributed by atoms with Gasteiger partial charge in [0.05, 0.1) is 6.26 Å². The molecule has 1 saturated carbocycles. The molecular weight excluding hydrogens is 378 g/mol. The molecule has 1 unspecified atom stereocenters. The van der Waals surface area contributed by atoms with Crippen LogP contribution in [0.4, 0.5) is 0 Å². The highest BCUT2D eigenvalue weighted by molar-refractivity contribution is 7.88. The van der Waals surface area contributed by atoms with Gasteiger partial charge >= 0.3 is 0 Å². The largest absolute Gasteiger partial charge is 0.355 e. The number of hydrogen-bond donors (Lipinski definition) is 2. The van der Waals surface area contributed by atoms with Crippen LogP contribution >= 0.6 is 0 Å². The second-order valence-corrected chi connectivity index (χ2v) is 10.3. The lowest BCUT2D eigenvalue weighted by Crippen LogP contribution is -2.49. The fourth-order valence-electron chi connectivity index (χ4n) is 4.74. The quantitative estimate of drug-likeness (QED) is 0.513. The highest BCUT2D eigenvalue weighted by Gasteiger charge is 2.33. The summed E-state index contributed by atoms with van der Waals surface area (Å²) in [4.78, 5) is 19.0. The third-order valence-corrected chi connectivity index (χ3v) is 7.61. The van der Waals surface area contributed by atoms with E-state index in [1.165, 1.54) is 25.5 Å². The second kappa shape index (κ2) is 9.43. The Labute approximate surface area is 169 Å². The number of aliphatic imine (C=N–C) groups is 1. The number of hydrogen-bond acceptors (Lipinski definition) is 4. The van der Waals surface area contributed by atoms with Crippen LogP contribution in [0.1, 0.15) is 51.4 Å². The van der Waals surface area contributed by atoms with E-state index >= 15 is 0 Å². The van der Waals surface area contributed by atoms with Crippen molar-refractivity contribution in [1.29, 1.82) is 0 Å². The summed E-state index contributed by atoms with van der Waals surface area (Å²) in [5, 5.41) is 6.69. The molecule has 3 rings (SSSR count). The van der Waals surface area contributed by atoms with Crippen LogP contribution in [0.25, 0.3) is 0 Å². The Morgan fingerprint density at radius 1 is 1.07 bits per heavy atom. The number of nitrogens with zero attached hydrogens (tertiary/aromatic N) is 3. The molecule has 0 aromatic heterocycles. The lowest BCUT2D eigenvalue weighted by Gasteiger charge is -2.27. The maximum atomic E-state index is 12.7. The molecule has 0 spiro atoms. The summed E-state index contributed by atoms with van der Waals surface area (Å²) in [5.41, 5.74) is 0. The Kier molecular flexibility index (Phi) is 7.20. The Hall–Kier alpha value is -1.35. The summed E-state index contributed by atoms with van der Waals surface area (Å²) in [6.07, 6.45) is 9.63. The van der Waals surface area contributed by atoms with Gasteiger partial charge in [0.25, 0.3) is 0 Å². The smallest absolute Gasteiger partial charge is 0.225 e. The van der Waals surface area contributed by atoms with Gasteiger partial charge in [-0.1, -0.05) is 19.3 Å². The molecule has 0 aromatic rings. The minimum atomic E-state index is -3.17. The van der Waals surface area contributed by atoms with Gasteiger partial charge in [0.2, 0.25) is 15.9 Å². The van der Waals surface area contributed by atoms with Crippen molar-refractivity contribution in [2.45, 2.75) is 63.5 Å². The summed E-state index contributed by atoms with van der Waals surface area (Å²) >= 11 is 0. The first-order valence-corrected chi connectivity index (χ1v) is 12.5. The molecule has 3 aliphatic rings. The summed E-state index contributed by atoms with van der Waals surface area (Å²) in [5.74, 6) is 1.22. The molecule has 2 N–H and O–H groups in total. The van der Waals surface area contributed by atoms with Crippen molar-refractivity contribution in [3.8, 4) is 0 Å². The Morgan fingerprint density at radius 3 is 2.50 bits per heavy atom. The molecule has 160 valence electrons. The zero-order chi connectivity index (χ0) is 20.1. The van der Waals surface area contributed by atoms with Crippen molar-refractivity contribution in [2.75, 3.05) is 39.5 Å². The van der Waals surface area contributed by atoms with Gasteiger partial charge in [-0.05, 0) is 32.1 Å². The molecule has 8 nitrogen and oxygen atoms in total. The van der Waals surface area contributed by atoms with Crippen molar-refractivity contribution >= 4 is 21.9 Å². The van der Waals surface area contributed by atoms with Crippen LogP contribution in [0.5, 0.6) is 0 Å². The molecule has 2 saturated heterocycles. The van der Waals surface area contributed by atoms with Crippen LogP contribution in [0, 0.1) is 5.92 Å². The molecule has 0 radical (unpaired) electrons. The number of nitrogens with one attached hydrogen (secondary N) is 2. The maximum absolute atomic E-state index is 12.7. The number of rotatable bonds is 5. The van der Waals surface area contributed by atoms with Gasteiger partial charge in [0, 0.05) is 51.2 Å². The minimum Gasteiger partial charge on any atom is -0.355 e. The van der Waals surface area contributed by atoms with Crippen LogP contribution in [-0.4, -0.2) is 81.1 Å². The molecule has 1 aliphatic carbocycles. The van der Waals surface area contributed by atoms with Crippen molar-refractivity contribution in [3.63, 3.8) is 0 Å².